The third kappa shape index (κ3) is 1.74. The molecule has 3 rings (SSSR count). The number of hydrogen-bond acceptors (Lipinski definition) is 5. The topological polar surface area (TPSA) is 103 Å². The molecule has 2 heterocycles. The van der Waals surface area contributed by atoms with Gasteiger partial charge in [0.15, 0.2) is 0 Å². The number of carbonyl (C=O) groups excluding carboxylic acids is 1. The van der Waals surface area contributed by atoms with Gasteiger partial charge < -0.3 is 21.5 Å². The minimum absolute atomic E-state index is 0.0631. The molecule has 6 nitrogen and oxygen atoms in total. The second-order valence-corrected chi connectivity index (χ2v) is 4.81. The Balaban J connectivity index is 1.73. The van der Waals surface area contributed by atoms with Crippen molar-refractivity contribution in [3.8, 4) is 0 Å². The van der Waals surface area contributed by atoms with Crippen molar-refractivity contribution < 1.29 is 9.53 Å². The number of anilines is 1. The number of amides is 1. The summed E-state index contributed by atoms with van der Waals surface area (Å²) in [5.41, 5.74) is 11.5. The zero-order chi connectivity index (χ0) is 12.7. The summed E-state index contributed by atoms with van der Waals surface area (Å²) in [7, 11) is 0. The molecule has 1 aromatic rings. The molecule has 1 amide bonds. The standard InChI is InChI=1S/C12H16N4O2/c13-9-6-4-5-18-11(6)10(9)16-8-3-1-2-7(15-8)12(14)17/h1-3,6,9-11H,4-5,13H2,(H2,14,17)(H,15,16). The summed E-state index contributed by atoms with van der Waals surface area (Å²) in [5.74, 6) is 0.522. The first kappa shape index (κ1) is 11.4. The van der Waals surface area contributed by atoms with Crippen molar-refractivity contribution >= 4 is 11.7 Å². The molecular formula is C12H16N4O2. The first-order chi connectivity index (χ1) is 8.66. The Morgan fingerprint density at radius 3 is 3.11 bits per heavy atom. The molecule has 1 saturated carbocycles. The predicted molar refractivity (Wildman–Crippen MR) is 66.0 cm³/mol. The molecule has 5 N–H and O–H groups in total. The maximum Gasteiger partial charge on any atom is 0.267 e. The molecule has 1 saturated heterocycles. The number of carbonyl (C=O) groups is 1. The Morgan fingerprint density at radius 1 is 1.50 bits per heavy atom. The molecule has 0 spiro atoms. The maximum atomic E-state index is 11.1. The fourth-order valence-corrected chi connectivity index (χ4v) is 2.75. The van der Waals surface area contributed by atoms with Gasteiger partial charge in [-0.1, -0.05) is 6.07 Å². The highest BCUT2D eigenvalue weighted by Crippen LogP contribution is 2.39. The Labute approximate surface area is 105 Å². The van der Waals surface area contributed by atoms with Gasteiger partial charge in [0, 0.05) is 18.6 Å². The van der Waals surface area contributed by atoms with Crippen LogP contribution in [0.4, 0.5) is 5.82 Å². The lowest BCUT2D eigenvalue weighted by Crippen LogP contribution is -2.65. The summed E-state index contributed by atoms with van der Waals surface area (Å²) < 4.78 is 5.62. The zero-order valence-corrected chi connectivity index (χ0v) is 9.87. The first-order valence-electron chi connectivity index (χ1n) is 6.07. The van der Waals surface area contributed by atoms with Gasteiger partial charge in [-0.3, -0.25) is 4.79 Å². The number of aromatic nitrogens is 1. The lowest BCUT2D eigenvalue weighted by atomic mass is 9.72. The molecule has 0 radical (unpaired) electrons. The van der Waals surface area contributed by atoms with E-state index < -0.39 is 5.91 Å². The molecule has 0 bridgehead atoms. The molecule has 1 aliphatic carbocycles. The number of rotatable bonds is 3. The summed E-state index contributed by atoms with van der Waals surface area (Å²) in [6, 6.07) is 5.27. The average molecular weight is 248 g/mol. The summed E-state index contributed by atoms with van der Waals surface area (Å²) >= 11 is 0. The molecule has 18 heavy (non-hydrogen) atoms. The summed E-state index contributed by atoms with van der Waals surface area (Å²) in [5, 5.41) is 3.23. The zero-order valence-electron chi connectivity index (χ0n) is 9.87. The average Bonchev–Trinajstić information content (AvgIpc) is 2.81. The molecule has 4 unspecified atom stereocenters. The van der Waals surface area contributed by atoms with E-state index >= 15 is 0 Å². The van der Waals surface area contributed by atoms with E-state index in [4.69, 9.17) is 16.2 Å². The SMILES string of the molecule is NC(=O)c1cccc(NC2C(N)C3CCOC32)n1. The van der Waals surface area contributed by atoms with E-state index in [1.165, 1.54) is 0 Å². The van der Waals surface area contributed by atoms with E-state index in [0.717, 1.165) is 13.0 Å². The van der Waals surface area contributed by atoms with Gasteiger partial charge in [-0.25, -0.2) is 4.98 Å². The normalized spacial score (nSPS) is 33.6. The number of hydrogen-bond donors (Lipinski definition) is 3. The number of nitrogens with one attached hydrogen (secondary N) is 1. The van der Waals surface area contributed by atoms with Gasteiger partial charge in [0.05, 0.1) is 12.1 Å². The van der Waals surface area contributed by atoms with Crippen LogP contribution < -0.4 is 16.8 Å². The molecule has 1 aromatic heterocycles. The first-order valence-corrected chi connectivity index (χ1v) is 6.07. The highest BCUT2D eigenvalue weighted by atomic mass is 16.5. The van der Waals surface area contributed by atoms with E-state index in [1.807, 2.05) is 0 Å². The highest BCUT2D eigenvalue weighted by Gasteiger charge is 2.52. The van der Waals surface area contributed by atoms with Crippen LogP contribution in [0.5, 0.6) is 0 Å². The molecule has 0 aromatic carbocycles. The lowest BCUT2D eigenvalue weighted by molar-refractivity contribution is 0.00524. The summed E-state index contributed by atoms with van der Waals surface area (Å²) in [6.07, 6.45) is 1.19. The van der Waals surface area contributed by atoms with Crippen molar-refractivity contribution in [1.29, 1.82) is 0 Å². The van der Waals surface area contributed by atoms with Gasteiger partial charge in [-0.15, -0.1) is 0 Å². The Morgan fingerprint density at radius 2 is 2.33 bits per heavy atom. The van der Waals surface area contributed by atoms with E-state index in [-0.39, 0.29) is 23.9 Å². The maximum absolute atomic E-state index is 11.1. The van der Waals surface area contributed by atoms with Gasteiger partial charge in [-0.2, -0.15) is 0 Å². The van der Waals surface area contributed by atoms with E-state index in [2.05, 4.69) is 10.3 Å². The number of ether oxygens (including phenoxy) is 1. The highest BCUT2D eigenvalue weighted by molar-refractivity contribution is 5.91. The Kier molecular flexibility index (Phi) is 2.68. The minimum Gasteiger partial charge on any atom is -0.376 e. The number of nitrogens with zero attached hydrogens (tertiary/aromatic N) is 1. The number of fused-ring (bicyclic) bond motifs is 1. The molecule has 6 heteroatoms. The van der Waals surface area contributed by atoms with Crippen molar-refractivity contribution in [3.63, 3.8) is 0 Å². The van der Waals surface area contributed by atoms with Crippen molar-refractivity contribution in [3.05, 3.63) is 23.9 Å². The van der Waals surface area contributed by atoms with Gasteiger partial charge in [0.2, 0.25) is 0 Å². The largest absolute Gasteiger partial charge is 0.376 e. The van der Waals surface area contributed by atoms with Crippen molar-refractivity contribution in [2.24, 2.45) is 17.4 Å². The Bertz CT molecular complexity index is 479. The van der Waals surface area contributed by atoms with Crippen LogP contribution >= 0.6 is 0 Å². The van der Waals surface area contributed by atoms with Crippen LogP contribution in [-0.4, -0.2) is 35.7 Å². The molecule has 96 valence electrons. The molecule has 2 fully saturated rings. The van der Waals surface area contributed by atoms with Crippen LogP contribution in [0.3, 0.4) is 0 Å². The predicted octanol–water partition coefficient (Wildman–Crippen LogP) is -0.293. The van der Waals surface area contributed by atoms with Crippen LogP contribution in [0.15, 0.2) is 18.2 Å². The van der Waals surface area contributed by atoms with Gasteiger partial charge in [0.25, 0.3) is 5.91 Å². The van der Waals surface area contributed by atoms with Gasteiger partial charge in [-0.05, 0) is 18.6 Å². The van der Waals surface area contributed by atoms with Crippen molar-refractivity contribution in [2.45, 2.75) is 24.6 Å². The minimum atomic E-state index is -0.536. The van der Waals surface area contributed by atoms with Crippen LogP contribution in [-0.2, 0) is 4.74 Å². The van der Waals surface area contributed by atoms with Crippen LogP contribution in [0.1, 0.15) is 16.9 Å². The van der Waals surface area contributed by atoms with E-state index in [1.54, 1.807) is 18.2 Å². The second-order valence-electron chi connectivity index (χ2n) is 4.81. The number of pyridine rings is 1. The Hall–Kier alpha value is -1.66. The van der Waals surface area contributed by atoms with Crippen LogP contribution in [0.25, 0.3) is 0 Å². The fraction of sp³-hybridized carbons (Fsp3) is 0.500. The number of primary amides is 1. The third-order valence-electron chi connectivity index (χ3n) is 3.76. The van der Waals surface area contributed by atoms with E-state index in [0.29, 0.717) is 11.7 Å². The van der Waals surface area contributed by atoms with Gasteiger partial charge >= 0.3 is 0 Å². The second kappa shape index (κ2) is 4.22. The van der Waals surface area contributed by atoms with Crippen LogP contribution in [0.2, 0.25) is 0 Å². The van der Waals surface area contributed by atoms with Gasteiger partial charge in [0.1, 0.15) is 11.5 Å². The summed E-state index contributed by atoms with van der Waals surface area (Å²) in [4.78, 5) is 15.2. The quantitative estimate of drug-likeness (QED) is 0.682. The lowest BCUT2D eigenvalue weighted by Gasteiger charge is -2.45. The number of nitrogens with two attached hydrogens (primary N) is 2. The molecule has 2 aliphatic rings. The molecule has 4 atom stereocenters. The summed E-state index contributed by atoms with van der Waals surface area (Å²) in [6.45, 7) is 0.774. The molecular weight excluding hydrogens is 232 g/mol. The monoisotopic (exact) mass is 248 g/mol. The van der Waals surface area contributed by atoms with E-state index in [9.17, 15) is 4.79 Å². The molecule has 1 aliphatic heterocycles. The smallest absolute Gasteiger partial charge is 0.267 e. The fourth-order valence-electron chi connectivity index (χ4n) is 2.75. The van der Waals surface area contributed by atoms with Crippen LogP contribution in [0, 0.1) is 5.92 Å². The van der Waals surface area contributed by atoms with Crippen molar-refractivity contribution in [2.75, 3.05) is 11.9 Å². The van der Waals surface area contributed by atoms with Crippen molar-refractivity contribution in [1.82, 2.24) is 4.98 Å². The third-order valence-corrected chi connectivity index (χ3v) is 3.76.